The number of nitrogens with two attached hydrogens (primary N) is 1. The molecule has 1 aromatic carbocycles. The number of hydrogen-bond acceptors (Lipinski definition) is 6. The minimum atomic E-state index is -0.826. The molecule has 0 aromatic heterocycles. The molecule has 0 spiro atoms. The zero-order valence-corrected chi connectivity index (χ0v) is 12.9. The minimum absolute atomic E-state index is 0. The summed E-state index contributed by atoms with van der Waals surface area (Å²) in [5.41, 5.74) is 6.10. The second-order valence-electron chi connectivity index (χ2n) is 3.95. The SMILES string of the molecule is COCC(N)C(=O)Nc1ccc(OC)cc1C(=O)OC.Cl. The van der Waals surface area contributed by atoms with Crippen molar-refractivity contribution in [3.63, 3.8) is 0 Å². The van der Waals surface area contributed by atoms with Gasteiger partial charge in [0.05, 0.1) is 32.1 Å². The van der Waals surface area contributed by atoms with E-state index in [1.165, 1.54) is 27.4 Å². The molecule has 1 rings (SSSR count). The van der Waals surface area contributed by atoms with Crippen LogP contribution in [-0.4, -0.2) is 45.9 Å². The second kappa shape index (κ2) is 9.17. The molecule has 0 saturated heterocycles. The van der Waals surface area contributed by atoms with E-state index < -0.39 is 17.9 Å². The first-order chi connectivity index (χ1) is 9.53. The van der Waals surface area contributed by atoms with Gasteiger partial charge in [-0.1, -0.05) is 0 Å². The Kier molecular flexibility index (Phi) is 8.37. The molecule has 0 aliphatic carbocycles. The van der Waals surface area contributed by atoms with Crippen LogP contribution in [0.15, 0.2) is 18.2 Å². The third kappa shape index (κ3) is 5.22. The lowest BCUT2D eigenvalue weighted by Crippen LogP contribution is -2.39. The fraction of sp³-hybridized carbons (Fsp3) is 0.385. The van der Waals surface area contributed by atoms with Crippen molar-refractivity contribution in [2.24, 2.45) is 5.73 Å². The van der Waals surface area contributed by atoms with Crippen LogP contribution in [0.5, 0.6) is 5.75 Å². The molecule has 0 radical (unpaired) electrons. The third-order valence-corrected chi connectivity index (χ3v) is 2.57. The quantitative estimate of drug-likeness (QED) is 0.753. The molecule has 3 N–H and O–H groups in total. The van der Waals surface area contributed by atoms with Gasteiger partial charge in [-0.15, -0.1) is 12.4 Å². The molecule has 1 amide bonds. The molecule has 21 heavy (non-hydrogen) atoms. The number of ether oxygens (including phenoxy) is 3. The summed E-state index contributed by atoms with van der Waals surface area (Å²) >= 11 is 0. The van der Waals surface area contributed by atoms with Crippen LogP contribution >= 0.6 is 12.4 Å². The van der Waals surface area contributed by atoms with Crippen LogP contribution in [0.4, 0.5) is 5.69 Å². The van der Waals surface area contributed by atoms with Crippen molar-refractivity contribution in [3.8, 4) is 5.75 Å². The largest absolute Gasteiger partial charge is 0.497 e. The predicted molar refractivity (Wildman–Crippen MR) is 80.1 cm³/mol. The van der Waals surface area contributed by atoms with E-state index in [9.17, 15) is 9.59 Å². The molecule has 0 bridgehead atoms. The number of carbonyl (C=O) groups is 2. The molecule has 0 saturated carbocycles. The van der Waals surface area contributed by atoms with E-state index >= 15 is 0 Å². The lowest BCUT2D eigenvalue weighted by Gasteiger charge is -2.14. The van der Waals surface area contributed by atoms with Crippen molar-refractivity contribution < 1.29 is 23.8 Å². The Hall–Kier alpha value is -1.83. The number of esters is 1. The highest BCUT2D eigenvalue weighted by atomic mass is 35.5. The fourth-order valence-electron chi connectivity index (χ4n) is 1.52. The Morgan fingerprint density at radius 2 is 1.95 bits per heavy atom. The molecule has 1 atom stereocenters. The van der Waals surface area contributed by atoms with Crippen LogP contribution in [0.1, 0.15) is 10.4 Å². The van der Waals surface area contributed by atoms with Crippen molar-refractivity contribution in [1.29, 1.82) is 0 Å². The van der Waals surface area contributed by atoms with E-state index in [-0.39, 0.29) is 24.6 Å². The standard InChI is InChI=1S/C13H18N2O5.ClH/c1-18-7-10(14)12(16)15-11-5-4-8(19-2)6-9(11)13(17)20-3;/h4-6,10H,7,14H2,1-3H3,(H,15,16);1H. The summed E-state index contributed by atoms with van der Waals surface area (Å²) in [5, 5.41) is 2.56. The summed E-state index contributed by atoms with van der Waals surface area (Å²) in [6.45, 7) is 0.0789. The Morgan fingerprint density at radius 1 is 1.29 bits per heavy atom. The van der Waals surface area contributed by atoms with Gasteiger partial charge in [-0.3, -0.25) is 4.79 Å². The third-order valence-electron chi connectivity index (χ3n) is 2.57. The Bertz CT molecular complexity index is 495. The summed E-state index contributed by atoms with van der Waals surface area (Å²) in [6.07, 6.45) is 0. The molecule has 8 heteroatoms. The van der Waals surface area contributed by atoms with Gasteiger partial charge in [0.15, 0.2) is 0 Å². The Balaban J connectivity index is 0.00000400. The minimum Gasteiger partial charge on any atom is -0.497 e. The van der Waals surface area contributed by atoms with Gasteiger partial charge in [-0.05, 0) is 18.2 Å². The maximum absolute atomic E-state index is 11.8. The monoisotopic (exact) mass is 318 g/mol. The molecule has 118 valence electrons. The smallest absolute Gasteiger partial charge is 0.340 e. The van der Waals surface area contributed by atoms with Gasteiger partial charge < -0.3 is 25.3 Å². The fourth-order valence-corrected chi connectivity index (χ4v) is 1.52. The molecule has 0 aliphatic rings. The molecular weight excluding hydrogens is 300 g/mol. The van der Waals surface area contributed by atoms with Gasteiger partial charge in [0.2, 0.25) is 5.91 Å². The molecule has 0 heterocycles. The summed E-state index contributed by atoms with van der Waals surface area (Å²) in [7, 11) is 4.17. The average molecular weight is 319 g/mol. The van der Waals surface area contributed by atoms with Gasteiger partial charge in [0, 0.05) is 7.11 Å². The van der Waals surface area contributed by atoms with Crippen LogP contribution in [-0.2, 0) is 14.3 Å². The lowest BCUT2D eigenvalue weighted by atomic mass is 10.1. The van der Waals surface area contributed by atoms with E-state index in [4.69, 9.17) is 15.2 Å². The van der Waals surface area contributed by atoms with Gasteiger partial charge in [0.25, 0.3) is 0 Å². The van der Waals surface area contributed by atoms with E-state index in [2.05, 4.69) is 10.1 Å². The first kappa shape index (κ1) is 19.2. The number of benzene rings is 1. The van der Waals surface area contributed by atoms with E-state index in [1.54, 1.807) is 12.1 Å². The number of methoxy groups -OCH3 is 3. The number of halogens is 1. The van der Waals surface area contributed by atoms with Crippen molar-refractivity contribution in [3.05, 3.63) is 23.8 Å². The Morgan fingerprint density at radius 3 is 2.48 bits per heavy atom. The number of carbonyl (C=O) groups excluding carboxylic acids is 2. The van der Waals surface area contributed by atoms with Crippen LogP contribution in [0.3, 0.4) is 0 Å². The van der Waals surface area contributed by atoms with Crippen molar-refractivity contribution >= 4 is 30.0 Å². The number of amides is 1. The molecule has 0 fully saturated rings. The molecule has 1 unspecified atom stereocenters. The van der Waals surface area contributed by atoms with Gasteiger partial charge >= 0.3 is 5.97 Å². The first-order valence-corrected chi connectivity index (χ1v) is 5.85. The highest BCUT2D eigenvalue weighted by Crippen LogP contribution is 2.23. The number of rotatable bonds is 6. The maximum atomic E-state index is 11.8. The maximum Gasteiger partial charge on any atom is 0.340 e. The summed E-state index contributed by atoms with van der Waals surface area (Å²) in [6, 6.07) is 3.81. The predicted octanol–water partition coefficient (Wildman–Crippen LogP) is 0.816. The molecule has 0 aliphatic heterocycles. The number of hydrogen-bond donors (Lipinski definition) is 2. The first-order valence-electron chi connectivity index (χ1n) is 5.85. The molecule has 1 aromatic rings. The van der Waals surface area contributed by atoms with Crippen LogP contribution in [0.25, 0.3) is 0 Å². The normalized spacial score (nSPS) is 11.0. The van der Waals surface area contributed by atoms with Gasteiger partial charge in [-0.25, -0.2) is 4.79 Å². The van der Waals surface area contributed by atoms with Crippen molar-refractivity contribution in [2.75, 3.05) is 33.3 Å². The topological polar surface area (TPSA) is 99.9 Å². The lowest BCUT2D eigenvalue weighted by molar-refractivity contribution is -0.118. The number of nitrogens with one attached hydrogen (secondary N) is 1. The summed E-state index contributed by atoms with van der Waals surface area (Å²) in [5.74, 6) is -0.564. The van der Waals surface area contributed by atoms with E-state index in [0.29, 0.717) is 11.4 Å². The average Bonchev–Trinajstić information content (AvgIpc) is 2.46. The summed E-state index contributed by atoms with van der Waals surface area (Å²) < 4.78 is 14.5. The van der Waals surface area contributed by atoms with Gasteiger partial charge in [0.1, 0.15) is 11.8 Å². The zero-order chi connectivity index (χ0) is 15.1. The number of anilines is 1. The summed E-state index contributed by atoms with van der Waals surface area (Å²) in [4.78, 5) is 23.5. The van der Waals surface area contributed by atoms with Crippen molar-refractivity contribution in [1.82, 2.24) is 0 Å². The van der Waals surface area contributed by atoms with E-state index in [0.717, 1.165) is 0 Å². The molecular formula is C13H19ClN2O5. The molecule has 7 nitrogen and oxygen atoms in total. The highest BCUT2D eigenvalue weighted by Gasteiger charge is 2.18. The van der Waals surface area contributed by atoms with Crippen LogP contribution in [0.2, 0.25) is 0 Å². The van der Waals surface area contributed by atoms with Crippen LogP contribution in [0, 0.1) is 0 Å². The second-order valence-corrected chi connectivity index (χ2v) is 3.95. The van der Waals surface area contributed by atoms with Crippen molar-refractivity contribution in [2.45, 2.75) is 6.04 Å². The van der Waals surface area contributed by atoms with Crippen LogP contribution < -0.4 is 15.8 Å². The van der Waals surface area contributed by atoms with Gasteiger partial charge in [-0.2, -0.15) is 0 Å². The van der Waals surface area contributed by atoms with E-state index in [1.807, 2.05) is 0 Å². The zero-order valence-electron chi connectivity index (χ0n) is 12.0. The highest BCUT2D eigenvalue weighted by molar-refractivity contribution is 6.03. The Labute approximate surface area is 129 Å².